The Morgan fingerprint density at radius 3 is 1.10 bits per heavy atom. The highest BCUT2D eigenvalue weighted by molar-refractivity contribution is 6.17. The number of anilines is 3. The SMILES string of the molecule is CC1(C)c2cc(-c3ccc(-c4ccccc4)cc3)c3ccccc3c2-c2c1cc(N(c1ccc(-c3ccccc3)cc1)c1ccc(-c3ccccc3)cc1)c1ccccc21. The summed E-state index contributed by atoms with van der Waals surface area (Å²) >= 11 is 0. The molecular formula is C59H43N. The average Bonchev–Trinajstić information content (AvgIpc) is 3.55. The van der Waals surface area contributed by atoms with Crippen molar-refractivity contribution in [3.63, 3.8) is 0 Å². The molecule has 0 heterocycles. The molecule has 0 bridgehead atoms. The van der Waals surface area contributed by atoms with Crippen molar-refractivity contribution in [2.75, 3.05) is 4.90 Å². The first-order chi connectivity index (χ1) is 29.5. The van der Waals surface area contributed by atoms with Gasteiger partial charge in [-0.2, -0.15) is 0 Å². The molecule has 0 aromatic heterocycles. The average molecular weight is 766 g/mol. The summed E-state index contributed by atoms with van der Waals surface area (Å²) in [5.41, 5.74) is 18.3. The van der Waals surface area contributed by atoms with Gasteiger partial charge in [-0.3, -0.25) is 0 Å². The molecule has 0 unspecified atom stereocenters. The lowest BCUT2D eigenvalue weighted by Crippen LogP contribution is -2.17. The van der Waals surface area contributed by atoms with Crippen LogP contribution in [0.15, 0.2) is 224 Å². The van der Waals surface area contributed by atoms with Crippen LogP contribution in [0.25, 0.3) is 77.2 Å². The summed E-state index contributed by atoms with van der Waals surface area (Å²) in [7, 11) is 0. The van der Waals surface area contributed by atoms with E-state index in [-0.39, 0.29) is 5.41 Å². The normalized spacial score (nSPS) is 12.6. The molecule has 284 valence electrons. The zero-order valence-corrected chi connectivity index (χ0v) is 33.8. The molecule has 1 aliphatic rings. The van der Waals surface area contributed by atoms with E-state index in [1.165, 1.54) is 94.0 Å². The van der Waals surface area contributed by atoms with Crippen molar-refractivity contribution in [3.05, 3.63) is 236 Å². The van der Waals surface area contributed by atoms with Gasteiger partial charge >= 0.3 is 0 Å². The molecule has 60 heavy (non-hydrogen) atoms. The Hall–Kier alpha value is -7.48. The van der Waals surface area contributed by atoms with Gasteiger partial charge in [-0.15, -0.1) is 0 Å². The Bertz CT molecular complexity index is 3080. The number of rotatable bonds is 7. The maximum Gasteiger partial charge on any atom is 0.0543 e. The summed E-state index contributed by atoms with van der Waals surface area (Å²) in [5, 5.41) is 5.07. The summed E-state index contributed by atoms with van der Waals surface area (Å²) in [5.74, 6) is 0. The lowest BCUT2D eigenvalue weighted by molar-refractivity contribution is 0.661. The zero-order chi connectivity index (χ0) is 40.2. The minimum absolute atomic E-state index is 0.272. The van der Waals surface area contributed by atoms with Crippen molar-refractivity contribution in [2.24, 2.45) is 0 Å². The van der Waals surface area contributed by atoms with Crippen molar-refractivity contribution in [2.45, 2.75) is 19.3 Å². The third-order valence-corrected chi connectivity index (χ3v) is 12.7. The second-order valence-electron chi connectivity index (χ2n) is 16.5. The lowest BCUT2D eigenvalue weighted by atomic mass is 9.80. The Morgan fingerprint density at radius 2 is 0.633 bits per heavy atom. The van der Waals surface area contributed by atoms with Gasteiger partial charge in [-0.25, -0.2) is 0 Å². The van der Waals surface area contributed by atoms with Gasteiger partial charge in [0.05, 0.1) is 5.69 Å². The van der Waals surface area contributed by atoms with E-state index in [4.69, 9.17) is 0 Å². The van der Waals surface area contributed by atoms with Crippen molar-refractivity contribution in [3.8, 4) is 55.6 Å². The maximum absolute atomic E-state index is 2.50. The Labute approximate surface area is 352 Å². The molecule has 0 saturated heterocycles. The minimum atomic E-state index is -0.272. The molecule has 0 radical (unpaired) electrons. The largest absolute Gasteiger partial charge is 0.310 e. The first-order valence-corrected chi connectivity index (χ1v) is 20.9. The molecule has 0 saturated carbocycles. The number of hydrogen-bond donors (Lipinski definition) is 0. The lowest BCUT2D eigenvalue weighted by Gasteiger charge is -2.30. The highest BCUT2D eigenvalue weighted by Gasteiger charge is 2.39. The second-order valence-corrected chi connectivity index (χ2v) is 16.5. The summed E-state index contributed by atoms with van der Waals surface area (Å²) in [6, 6.07) is 82.2. The molecule has 11 rings (SSSR count). The van der Waals surface area contributed by atoms with E-state index >= 15 is 0 Å². The fourth-order valence-electron chi connectivity index (χ4n) is 9.59. The monoisotopic (exact) mass is 765 g/mol. The highest BCUT2D eigenvalue weighted by atomic mass is 15.1. The van der Waals surface area contributed by atoms with E-state index in [1.54, 1.807) is 0 Å². The Kier molecular flexibility index (Phi) is 8.57. The predicted molar refractivity (Wildman–Crippen MR) is 255 cm³/mol. The van der Waals surface area contributed by atoms with Gasteiger partial charge in [0.15, 0.2) is 0 Å². The van der Waals surface area contributed by atoms with Crippen LogP contribution in [0.2, 0.25) is 0 Å². The molecule has 1 aliphatic carbocycles. The standard InChI is InChI=1S/C59H43N/c1-59(2)54-38-53(46-28-26-43(27-29-46)40-16-6-3-7-17-40)49-22-12-14-24-51(49)57(54)58-52-25-15-13-23-50(52)56(39-55(58)59)60(47-34-30-44(31-35-47)41-18-8-4-9-19-41)48-36-32-45(33-37-48)42-20-10-5-11-21-42/h3-39H,1-2H3. The first kappa shape index (κ1) is 35.7. The number of hydrogen-bond acceptors (Lipinski definition) is 1. The van der Waals surface area contributed by atoms with Crippen molar-refractivity contribution >= 4 is 38.6 Å². The second kappa shape index (κ2) is 14.4. The van der Waals surface area contributed by atoms with Crippen LogP contribution in [-0.2, 0) is 5.41 Å². The summed E-state index contributed by atoms with van der Waals surface area (Å²) in [6.45, 7) is 4.84. The van der Waals surface area contributed by atoms with Gasteiger partial charge in [0.1, 0.15) is 0 Å². The van der Waals surface area contributed by atoms with Crippen LogP contribution in [-0.4, -0.2) is 0 Å². The van der Waals surface area contributed by atoms with Crippen LogP contribution in [0.3, 0.4) is 0 Å². The molecule has 0 amide bonds. The van der Waals surface area contributed by atoms with E-state index in [2.05, 4.69) is 243 Å². The van der Waals surface area contributed by atoms with Crippen LogP contribution in [0.1, 0.15) is 25.0 Å². The van der Waals surface area contributed by atoms with Gasteiger partial charge in [-0.05, 0) is 119 Å². The molecule has 0 aliphatic heterocycles. The van der Waals surface area contributed by atoms with Gasteiger partial charge in [0.2, 0.25) is 0 Å². The zero-order valence-electron chi connectivity index (χ0n) is 33.8. The summed E-state index contributed by atoms with van der Waals surface area (Å²) in [6.07, 6.45) is 0. The third-order valence-electron chi connectivity index (χ3n) is 12.7. The minimum Gasteiger partial charge on any atom is -0.310 e. The maximum atomic E-state index is 2.50. The van der Waals surface area contributed by atoms with Crippen LogP contribution in [0, 0.1) is 0 Å². The molecule has 10 aromatic carbocycles. The van der Waals surface area contributed by atoms with Crippen molar-refractivity contribution in [1.29, 1.82) is 0 Å². The molecule has 1 nitrogen and oxygen atoms in total. The summed E-state index contributed by atoms with van der Waals surface area (Å²) in [4.78, 5) is 2.46. The quantitative estimate of drug-likeness (QED) is 0.156. The van der Waals surface area contributed by atoms with Crippen LogP contribution in [0.5, 0.6) is 0 Å². The number of benzene rings is 10. The third kappa shape index (κ3) is 5.93. The topological polar surface area (TPSA) is 3.24 Å². The molecule has 0 spiro atoms. The van der Waals surface area contributed by atoms with Crippen LogP contribution < -0.4 is 4.90 Å². The Balaban J connectivity index is 1.11. The summed E-state index contributed by atoms with van der Waals surface area (Å²) < 4.78 is 0. The van der Waals surface area contributed by atoms with E-state index in [1.807, 2.05) is 0 Å². The number of fused-ring (bicyclic) bond motifs is 7. The van der Waals surface area contributed by atoms with Crippen LogP contribution in [0.4, 0.5) is 17.1 Å². The molecule has 10 aromatic rings. The smallest absolute Gasteiger partial charge is 0.0543 e. The molecular weight excluding hydrogens is 723 g/mol. The van der Waals surface area contributed by atoms with Crippen molar-refractivity contribution in [1.82, 2.24) is 0 Å². The molecule has 0 N–H and O–H groups in total. The van der Waals surface area contributed by atoms with Crippen molar-refractivity contribution < 1.29 is 0 Å². The highest BCUT2D eigenvalue weighted by Crippen LogP contribution is 2.57. The molecule has 0 fully saturated rings. The van der Waals surface area contributed by atoms with E-state index < -0.39 is 0 Å². The van der Waals surface area contributed by atoms with Crippen LogP contribution >= 0.6 is 0 Å². The first-order valence-electron chi connectivity index (χ1n) is 20.9. The van der Waals surface area contributed by atoms with E-state index in [0.717, 1.165) is 11.4 Å². The van der Waals surface area contributed by atoms with E-state index in [0.29, 0.717) is 0 Å². The predicted octanol–water partition coefficient (Wildman–Crippen LogP) is 16.4. The van der Waals surface area contributed by atoms with Gasteiger partial charge in [0, 0.05) is 22.2 Å². The number of nitrogens with zero attached hydrogens (tertiary/aromatic N) is 1. The fraction of sp³-hybridized carbons (Fsp3) is 0.0508. The molecule has 0 atom stereocenters. The van der Waals surface area contributed by atoms with Gasteiger partial charge in [-0.1, -0.05) is 202 Å². The van der Waals surface area contributed by atoms with E-state index in [9.17, 15) is 0 Å². The molecule has 1 heteroatoms. The van der Waals surface area contributed by atoms with Gasteiger partial charge in [0.25, 0.3) is 0 Å². The fourth-order valence-corrected chi connectivity index (χ4v) is 9.59. The van der Waals surface area contributed by atoms with Gasteiger partial charge < -0.3 is 4.90 Å². The Morgan fingerprint density at radius 1 is 0.300 bits per heavy atom.